The van der Waals surface area contributed by atoms with Gasteiger partial charge in [0.05, 0.1) is 18.3 Å². The minimum Gasteiger partial charge on any atom is -0.465 e. The summed E-state index contributed by atoms with van der Waals surface area (Å²) >= 11 is 1.21. The molecule has 0 radical (unpaired) electrons. The number of hydrogen-bond donors (Lipinski definition) is 2. The van der Waals surface area contributed by atoms with Crippen molar-refractivity contribution in [1.29, 1.82) is 0 Å². The molecule has 3 rings (SSSR count). The number of para-hydroxylation sites is 1. The van der Waals surface area contributed by atoms with Gasteiger partial charge in [0.25, 0.3) is 5.91 Å². The number of methoxy groups -OCH3 is 1. The van der Waals surface area contributed by atoms with Crippen LogP contribution in [0.3, 0.4) is 0 Å². The number of rotatable bonds is 3. The van der Waals surface area contributed by atoms with Crippen LogP contribution in [0, 0.1) is 0 Å². The highest BCUT2D eigenvalue weighted by atomic mass is 32.1. The Bertz CT molecular complexity index is 822. The molecule has 0 aliphatic carbocycles. The predicted molar refractivity (Wildman–Crippen MR) is 79.7 cm³/mol. The third-order valence-corrected chi connectivity index (χ3v) is 3.86. The van der Waals surface area contributed by atoms with Crippen molar-refractivity contribution in [2.45, 2.75) is 0 Å². The molecule has 0 bridgehead atoms. The number of carbonyl (C=O) groups is 2. The van der Waals surface area contributed by atoms with Gasteiger partial charge in [0.2, 0.25) is 0 Å². The Labute approximate surface area is 123 Å². The van der Waals surface area contributed by atoms with Gasteiger partial charge in [0.1, 0.15) is 4.88 Å². The summed E-state index contributed by atoms with van der Waals surface area (Å²) in [7, 11) is 1.30. The summed E-state index contributed by atoms with van der Waals surface area (Å²) in [5.41, 5.74) is 1.48. The van der Waals surface area contributed by atoms with Crippen molar-refractivity contribution in [2.24, 2.45) is 0 Å². The third-order valence-electron chi connectivity index (χ3n) is 2.97. The number of thiophene rings is 1. The van der Waals surface area contributed by atoms with E-state index >= 15 is 0 Å². The van der Waals surface area contributed by atoms with E-state index in [9.17, 15) is 9.59 Å². The Morgan fingerprint density at radius 1 is 1.29 bits per heavy atom. The topological polar surface area (TPSA) is 84.1 Å². The molecule has 0 aliphatic heterocycles. The molecule has 0 atom stereocenters. The molecular formula is C14H11N3O3S. The van der Waals surface area contributed by atoms with Crippen molar-refractivity contribution in [3.8, 4) is 0 Å². The summed E-state index contributed by atoms with van der Waals surface area (Å²) in [6.07, 6.45) is 0. The van der Waals surface area contributed by atoms with Crippen molar-refractivity contribution in [2.75, 3.05) is 12.4 Å². The maximum absolute atomic E-state index is 12.3. The van der Waals surface area contributed by atoms with Crippen LogP contribution in [0.5, 0.6) is 0 Å². The number of amides is 1. The van der Waals surface area contributed by atoms with Gasteiger partial charge in [-0.2, -0.15) is 5.10 Å². The van der Waals surface area contributed by atoms with E-state index in [1.54, 1.807) is 11.4 Å². The lowest BCUT2D eigenvalue weighted by Gasteiger charge is -2.03. The molecule has 3 aromatic rings. The number of carbonyl (C=O) groups excluding carboxylic acids is 2. The first-order valence-electron chi connectivity index (χ1n) is 6.11. The normalized spacial score (nSPS) is 10.5. The zero-order valence-electron chi connectivity index (χ0n) is 11.0. The Morgan fingerprint density at radius 3 is 2.90 bits per heavy atom. The summed E-state index contributed by atoms with van der Waals surface area (Å²) in [5.74, 6) is -0.858. The first-order valence-corrected chi connectivity index (χ1v) is 6.99. The van der Waals surface area contributed by atoms with Gasteiger partial charge in [0.15, 0.2) is 5.69 Å². The molecule has 0 unspecified atom stereocenters. The summed E-state index contributed by atoms with van der Waals surface area (Å²) in [4.78, 5) is 24.3. The van der Waals surface area contributed by atoms with Crippen molar-refractivity contribution in [3.63, 3.8) is 0 Å². The van der Waals surface area contributed by atoms with Crippen LogP contribution in [-0.4, -0.2) is 29.2 Å². The van der Waals surface area contributed by atoms with Crippen LogP contribution in [-0.2, 0) is 4.74 Å². The van der Waals surface area contributed by atoms with Gasteiger partial charge < -0.3 is 10.1 Å². The van der Waals surface area contributed by atoms with E-state index in [0.29, 0.717) is 10.6 Å². The van der Waals surface area contributed by atoms with Crippen LogP contribution in [0.1, 0.15) is 20.2 Å². The lowest BCUT2D eigenvalue weighted by Crippen LogP contribution is -2.14. The van der Waals surface area contributed by atoms with Gasteiger partial charge in [-0.25, -0.2) is 4.79 Å². The standard InChI is InChI=1S/C14H11N3O3S/c1-20-14(19)12-10(6-7-21-12)15-13(18)11-8-4-2-3-5-9(8)16-17-11/h2-7H,1H3,(H,15,18)(H,16,17). The second-order valence-corrected chi connectivity index (χ2v) is 5.14. The van der Waals surface area contributed by atoms with E-state index in [2.05, 4.69) is 20.3 Å². The van der Waals surface area contributed by atoms with E-state index in [1.807, 2.05) is 24.3 Å². The molecule has 0 spiro atoms. The lowest BCUT2D eigenvalue weighted by atomic mass is 10.2. The number of fused-ring (bicyclic) bond motifs is 1. The highest BCUT2D eigenvalue weighted by Gasteiger charge is 2.19. The minimum absolute atomic E-state index is 0.285. The Kier molecular flexibility index (Phi) is 3.41. The summed E-state index contributed by atoms with van der Waals surface area (Å²) in [5, 5.41) is 11.9. The molecule has 2 N–H and O–H groups in total. The van der Waals surface area contributed by atoms with Crippen LogP contribution in [0.2, 0.25) is 0 Å². The van der Waals surface area contributed by atoms with E-state index in [0.717, 1.165) is 10.9 Å². The molecular weight excluding hydrogens is 290 g/mol. The maximum Gasteiger partial charge on any atom is 0.350 e. The van der Waals surface area contributed by atoms with Crippen LogP contribution in [0.25, 0.3) is 10.9 Å². The largest absolute Gasteiger partial charge is 0.465 e. The number of aromatic nitrogens is 2. The number of esters is 1. The van der Waals surface area contributed by atoms with Crippen LogP contribution < -0.4 is 5.32 Å². The number of nitrogens with zero attached hydrogens (tertiary/aromatic N) is 1. The van der Waals surface area contributed by atoms with E-state index in [-0.39, 0.29) is 11.6 Å². The molecule has 1 aromatic carbocycles. The van der Waals surface area contributed by atoms with E-state index in [1.165, 1.54) is 18.4 Å². The Hall–Kier alpha value is -2.67. The minimum atomic E-state index is -0.479. The van der Waals surface area contributed by atoms with Gasteiger partial charge in [-0.1, -0.05) is 18.2 Å². The highest BCUT2D eigenvalue weighted by Crippen LogP contribution is 2.24. The van der Waals surface area contributed by atoms with Gasteiger partial charge in [0, 0.05) is 5.39 Å². The molecule has 0 fully saturated rings. The summed E-state index contributed by atoms with van der Waals surface area (Å²) in [6, 6.07) is 8.99. The Morgan fingerprint density at radius 2 is 2.10 bits per heavy atom. The van der Waals surface area contributed by atoms with E-state index < -0.39 is 5.97 Å². The molecule has 1 amide bonds. The van der Waals surface area contributed by atoms with Gasteiger partial charge in [-0.3, -0.25) is 9.89 Å². The Balaban J connectivity index is 1.90. The van der Waals surface area contributed by atoms with E-state index in [4.69, 9.17) is 0 Å². The van der Waals surface area contributed by atoms with Crippen LogP contribution >= 0.6 is 11.3 Å². The zero-order valence-corrected chi connectivity index (χ0v) is 11.9. The SMILES string of the molecule is COC(=O)c1sccc1NC(=O)c1n[nH]c2ccccc12. The number of ether oxygens (including phenoxy) is 1. The first-order chi connectivity index (χ1) is 10.2. The molecule has 2 heterocycles. The molecule has 21 heavy (non-hydrogen) atoms. The second-order valence-electron chi connectivity index (χ2n) is 4.23. The number of nitrogens with one attached hydrogen (secondary N) is 2. The van der Waals surface area contributed by atoms with Crippen molar-refractivity contribution in [1.82, 2.24) is 10.2 Å². The van der Waals surface area contributed by atoms with Crippen molar-refractivity contribution in [3.05, 3.63) is 46.3 Å². The first kappa shape index (κ1) is 13.3. The molecule has 6 nitrogen and oxygen atoms in total. The molecule has 0 saturated heterocycles. The number of H-pyrrole nitrogens is 1. The molecule has 0 aliphatic rings. The van der Waals surface area contributed by atoms with Gasteiger partial charge in [-0.05, 0) is 17.5 Å². The highest BCUT2D eigenvalue weighted by molar-refractivity contribution is 7.12. The molecule has 106 valence electrons. The lowest BCUT2D eigenvalue weighted by molar-refractivity contribution is 0.0607. The zero-order chi connectivity index (χ0) is 14.8. The van der Waals surface area contributed by atoms with Crippen molar-refractivity contribution < 1.29 is 14.3 Å². The average molecular weight is 301 g/mol. The fraction of sp³-hybridized carbons (Fsp3) is 0.0714. The number of benzene rings is 1. The van der Waals surface area contributed by atoms with Gasteiger partial charge >= 0.3 is 5.97 Å². The maximum atomic E-state index is 12.3. The number of hydrogen-bond acceptors (Lipinski definition) is 5. The quantitative estimate of drug-likeness (QED) is 0.728. The molecule has 7 heteroatoms. The average Bonchev–Trinajstić information content (AvgIpc) is 3.12. The summed E-state index contributed by atoms with van der Waals surface area (Å²) in [6.45, 7) is 0. The van der Waals surface area contributed by atoms with Gasteiger partial charge in [-0.15, -0.1) is 11.3 Å². The molecule has 2 aromatic heterocycles. The fourth-order valence-electron chi connectivity index (χ4n) is 1.98. The summed E-state index contributed by atoms with van der Waals surface area (Å²) < 4.78 is 4.68. The predicted octanol–water partition coefficient (Wildman–Crippen LogP) is 2.66. The van der Waals surface area contributed by atoms with Crippen LogP contribution in [0.4, 0.5) is 5.69 Å². The molecule has 0 saturated carbocycles. The number of anilines is 1. The smallest absolute Gasteiger partial charge is 0.350 e. The van der Waals surface area contributed by atoms with Crippen molar-refractivity contribution >= 4 is 39.8 Å². The second kappa shape index (κ2) is 5.37. The third kappa shape index (κ3) is 2.38. The monoisotopic (exact) mass is 301 g/mol. The number of aromatic amines is 1. The van der Waals surface area contributed by atoms with Crippen LogP contribution in [0.15, 0.2) is 35.7 Å². The fourth-order valence-corrected chi connectivity index (χ4v) is 2.74.